The average molecular weight is 191 g/mol. The predicted octanol–water partition coefficient (Wildman–Crippen LogP) is 3.46. The van der Waals surface area contributed by atoms with Crippen molar-refractivity contribution in [3.8, 4) is 0 Å². The molecule has 0 spiro atoms. The van der Waals surface area contributed by atoms with Crippen molar-refractivity contribution in [3.63, 3.8) is 0 Å². The Morgan fingerprint density at radius 2 is 1.21 bits per heavy atom. The van der Waals surface area contributed by atoms with Gasteiger partial charge in [-0.2, -0.15) is 0 Å². The van der Waals surface area contributed by atoms with Crippen LogP contribution in [0.15, 0.2) is 12.1 Å². The lowest BCUT2D eigenvalue weighted by atomic mass is 10.1. The highest BCUT2D eigenvalue weighted by Crippen LogP contribution is 2.17. The molecular formula is C13H21N. The van der Waals surface area contributed by atoms with E-state index in [1.165, 1.54) is 62.8 Å². The third-order valence-corrected chi connectivity index (χ3v) is 3.45. The Morgan fingerprint density at radius 3 is 1.71 bits per heavy atom. The van der Waals surface area contributed by atoms with Gasteiger partial charge in [0.05, 0.1) is 0 Å². The molecule has 0 amide bonds. The zero-order valence-corrected chi connectivity index (χ0v) is 9.26. The van der Waals surface area contributed by atoms with Gasteiger partial charge in [-0.3, -0.25) is 0 Å². The van der Waals surface area contributed by atoms with Crippen LogP contribution in [0.25, 0.3) is 0 Å². The first-order valence-electron chi connectivity index (χ1n) is 6.01. The molecule has 1 aliphatic rings. The molecule has 1 heteroatoms. The summed E-state index contributed by atoms with van der Waals surface area (Å²) in [6.45, 7) is 0. The molecule has 0 aromatic carbocycles. The van der Waals surface area contributed by atoms with E-state index in [-0.39, 0.29) is 0 Å². The Labute approximate surface area is 87.1 Å². The van der Waals surface area contributed by atoms with Gasteiger partial charge in [0.15, 0.2) is 0 Å². The van der Waals surface area contributed by atoms with Crippen LogP contribution in [0.4, 0.5) is 0 Å². The minimum atomic E-state index is 1.27. The number of hydrogen-bond donors (Lipinski definition) is 0. The maximum absolute atomic E-state index is 2.41. The lowest BCUT2D eigenvalue weighted by Crippen LogP contribution is -2.00. The van der Waals surface area contributed by atoms with E-state index >= 15 is 0 Å². The quantitative estimate of drug-likeness (QED) is 0.592. The summed E-state index contributed by atoms with van der Waals surface area (Å²) >= 11 is 0. The van der Waals surface area contributed by atoms with Crippen LogP contribution >= 0.6 is 0 Å². The normalized spacial score (nSPS) is 18.9. The molecule has 2 heterocycles. The van der Waals surface area contributed by atoms with E-state index in [4.69, 9.17) is 0 Å². The highest BCUT2D eigenvalue weighted by Gasteiger charge is 2.05. The lowest BCUT2D eigenvalue weighted by Gasteiger charge is -2.06. The molecule has 1 nitrogen and oxygen atoms in total. The van der Waals surface area contributed by atoms with Crippen molar-refractivity contribution >= 4 is 0 Å². The maximum atomic E-state index is 2.41. The van der Waals surface area contributed by atoms with Gasteiger partial charge in [0, 0.05) is 18.4 Å². The largest absolute Gasteiger partial charge is 0.352 e. The Balaban J connectivity index is 2.10. The summed E-state index contributed by atoms with van der Waals surface area (Å²) in [5.74, 6) is 0. The van der Waals surface area contributed by atoms with Crippen LogP contribution in [0.3, 0.4) is 0 Å². The molecule has 1 aromatic rings. The van der Waals surface area contributed by atoms with E-state index in [9.17, 15) is 0 Å². The van der Waals surface area contributed by atoms with Crippen molar-refractivity contribution in [3.05, 3.63) is 23.5 Å². The van der Waals surface area contributed by atoms with Crippen molar-refractivity contribution in [1.82, 2.24) is 4.57 Å². The minimum Gasteiger partial charge on any atom is -0.352 e. The van der Waals surface area contributed by atoms with Crippen LogP contribution in [0.1, 0.15) is 49.9 Å². The zero-order valence-electron chi connectivity index (χ0n) is 9.26. The van der Waals surface area contributed by atoms with Gasteiger partial charge < -0.3 is 4.57 Å². The van der Waals surface area contributed by atoms with E-state index in [1.807, 2.05) is 0 Å². The molecule has 1 aromatic heterocycles. The van der Waals surface area contributed by atoms with Gasteiger partial charge in [-0.05, 0) is 37.8 Å². The van der Waals surface area contributed by atoms with Gasteiger partial charge in [0.2, 0.25) is 0 Å². The first kappa shape index (κ1) is 9.82. The molecule has 0 radical (unpaired) electrons. The molecule has 0 aliphatic carbocycles. The van der Waals surface area contributed by atoms with E-state index in [1.54, 1.807) is 0 Å². The summed E-state index contributed by atoms with van der Waals surface area (Å²) < 4.78 is 2.41. The number of aryl methyl sites for hydroxylation is 2. The SMILES string of the molecule is Cn1c2ccc1CCCCCCCC2. The fraction of sp³-hybridized carbons (Fsp3) is 0.692. The molecule has 0 N–H and O–H groups in total. The zero-order chi connectivity index (χ0) is 9.80. The van der Waals surface area contributed by atoms with Crippen LogP contribution in [-0.2, 0) is 19.9 Å². The van der Waals surface area contributed by atoms with E-state index < -0.39 is 0 Å². The van der Waals surface area contributed by atoms with E-state index in [2.05, 4.69) is 23.7 Å². The molecule has 78 valence electrons. The summed E-state index contributed by atoms with van der Waals surface area (Å²) in [5.41, 5.74) is 3.06. The second-order valence-electron chi connectivity index (χ2n) is 4.50. The molecule has 0 saturated heterocycles. The second-order valence-corrected chi connectivity index (χ2v) is 4.50. The summed E-state index contributed by atoms with van der Waals surface area (Å²) in [6.07, 6.45) is 11.0. The Bertz CT molecular complexity index is 258. The van der Waals surface area contributed by atoms with Crippen molar-refractivity contribution < 1.29 is 0 Å². The molecule has 0 atom stereocenters. The summed E-state index contributed by atoms with van der Waals surface area (Å²) in [4.78, 5) is 0. The van der Waals surface area contributed by atoms with Gasteiger partial charge in [-0.1, -0.05) is 25.7 Å². The summed E-state index contributed by atoms with van der Waals surface area (Å²) in [6, 6.07) is 4.63. The van der Waals surface area contributed by atoms with Gasteiger partial charge in [0.25, 0.3) is 0 Å². The first-order valence-corrected chi connectivity index (χ1v) is 6.01. The molecular weight excluding hydrogens is 170 g/mol. The molecule has 1 aliphatic heterocycles. The molecule has 2 rings (SSSR count). The van der Waals surface area contributed by atoms with Crippen molar-refractivity contribution in [2.75, 3.05) is 0 Å². The second kappa shape index (κ2) is 4.68. The number of hydrogen-bond acceptors (Lipinski definition) is 0. The highest BCUT2D eigenvalue weighted by atomic mass is 14.9. The standard InChI is InChI=1S/C13H21N/c1-14-12-8-6-4-2-3-5-7-9-13(14)11-10-12/h10-11H,2-9H2,1H3. The Hall–Kier alpha value is -0.720. The third kappa shape index (κ3) is 2.20. The van der Waals surface area contributed by atoms with Crippen LogP contribution in [0, 0.1) is 0 Å². The molecule has 0 unspecified atom stereocenters. The Kier molecular flexibility index (Phi) is 3.28. The minimum absolute atomic E-state index is 1.27. The first-order chi connectivity index (χ1) is 6.88. The highest BCUT2D eigenvalue weighted by molar-refractivity contribution is 5.16. The number of aromatic nitrogens is 1. The Morgan fingerprint density at radius 1 is 0.786 bits per heavy atom. The smallest absolute Gasteiger partial charge is 0.0174 e. The number of fused-ring (bicyclic) bond motifs is 2. The number of rotatable bonds is 0. The van der Waals surface area contributed by atoms with Crippen LogP contribution < -0.4 is 0 Å². The van der Waals surface area contributed by atoms with Crippen LogP contribution in [0.5, 0.6) is 0 Å². The topological polar surface area (TPSA) is 4.93 Å². The predicted molar refractivity (Wildman–Crippen MR) is 60.5 cm³/mol. The fourth-order valence-corrected chi connectivity index (χ4v) is 2.42. The van der Waals surface area contributed by atoms with Gasteiger partial charge in [-0.25, -0.2) is 0 Å². The molecule has 0 saturated carbocycles. The van der Waals surface area contributed by atoms with Crippen LogP contribution in [-0.4, -0.2) is 4.57 Å². The van der Waals surface area contributed by atoms with Gasteiger partial charge >= 0.3 is 0 Å². The van der Waals surface area contributed by atoms with Crippen molar-refractivity contribution in [2.24, 2.45) is 7.05 Å². The fourth-order valence-electron chi connectivity index (χ4n) is 2.42. The molecule has 2 bridgehead atoms. The lowest BCUT2D eigenvalue weighted by molar-refractivity contribution is 0.597. The number of nitrogens with zero attached hydrogens (tertiary/aromatic N) is 1. The third-order valence-electron chi connectivity index (χ3n) is 3.45. The van der Waals surface area contributed by atoms with Gasteiger partial charge in [0.1, 0.15) is 0 Å². The van der Waals surface area contributed by atoms with Crippen molar-refractivity contribution in [2.45, 2.75) is 51.4 Å². The van der Waals surface area contributed by atoms with E-state index in [0.29, 0.717) is 0 Å². The molecule has 14 heavy (non-hydrogen) atoms. The molecule has 0 fully saturated rings. The monoisotopic (exact) mass is 191 g/mol. The van der Waals surface area contributed by atoms with Crippen molar-refractivity contribution in [1.29, 1.82) is 0 Å². The summed E-state index contributed by atoms with van der Waals surface area (Å²) in [7, 11) is 2.22. The average Bonchev–Trinajstić information content (AvgIpc) is 2.48. The van der Waals surface area contributed by atoms with E-state index in [0.717, 1.165) is 0 Å². The summed E-state index contributed by atoms with van der Waals surface area (Å²) in [5, 5.41) is 0. The van der Waals surface area contributed by atoms with Gasteiger partial charge in [-0.15, -0.1) is 0 Å². The van der Waals surface area contributed by atoms with Crippen LogP contribution in [0.2, 0.25) is 0 Å². The maximum Gasteiger partial charge on any atom is 0.0174 e.